The summed E-state index contributed by atoms with van der Waals surface area (Å²) in [5.41, 5.74) is 6.73. The van der Waals surface area contributed by atoms with E-state index in [4.69, 9.17) is 10.8 Å². The van der Waals surface area contributed by atoms with Crippen LogP contribution in [0.5, 0.6) is 11.5 Å². The predicted molar refractivity (Wildman–Crippen MR) is 62.5 cm³/mol. The summed E-state index contributed by atoms with van der Waals surface area (Å²) in [4.78, 5) is 0. The molecule has 1 aromatic carbocycles. The van der Waals surface area contributed by atoms with Crippen molar-refractivity contribution in [3.63, 3.8) is 0 Å². The van der Waals surface area contributed by atoms with Gasteiger partial charge in [-0.15, -0.1) is 0 Å². The Bertz CT molecular complexity index is 383. The van der Waals surface area contributed by atoms with E-state index >= 15 is 0 Å². The molecule has 0 radical (unpaired) electrons. The Balaban J connectivity index is 3.33. The van der Waals surface area contributed by atoms with Crippen molar-refractivity contribution in [2.45, 2.75) is 32.2 Å². The van der Waals surface area contributed by atoms with Crippen LogP contribution < -0.4 is 5.73 Å². The maximum absolute atomic E-state index is 9.65. The smallest absolute Gasteiger partial charge is 0.162 e. The highest BCUT2D eigenvalue weighted by atomic mass is 16.3. The van der Waals surface area contributed by atoms with Gasteiger partial charge in [0.2, 0.25) is 0 Å². The van der Waals surface area contributed by atoms with Crippen LogP contribution in [0.15, 0.2) is 12.1 Å². The maximum atomic E-state index is 9.65. The predicted octanol–water partition coefficient (Wildman–Crippen LogP) is 1.39. The van der Waals surface area contributed by atoms with Crippen molar-refractivity contribution < 1.29 is 15.3 Å². The van der Waals surface area contributed by atoms with Crippen LogP contribution in [-0.2, 0) is 5.41 Å². The van der Waals surface area contributed by atoms with Crippen molar-refractivity contribution in [1.82, 2.24) is 0 Å². The highest BCUT2D eigenvalue weighted by Crippen LogP contribution is 2.37. The van der Waals surface area contributed by atoms with Gasteiger partial charge in [-0.1, -0.05) is 20.8 Å². The van der Waals surface area contributed by atoms with E-state index in [1.165, 1.54) is 6.07 Å². The Morgan fingerprint density at radius 2 is 1.81 bits per heavy atom. The summed E-state index contributed by atoms with van der Waals surface area (Å²) in [5, 5.41) is 28.2. The zero-order valence-electron chi connectivity index (χ0n) is 9.86. The Kier molecular flexibility index (Phi) is 3.45. The fourth-order valence-electron chi connectivity index (χ4n) is 1.46. The van der Waals surface area contributed by atoms with Crippen molar-refractivity contribution in [3.8, 4) is 11.5 Å². The molecule has 0 aliphatic heterocycles. The average molecular weight is 225 g/mol. The number of rotatable bonds is 2. The van der Waals surface area contributed by atoms with Crippen molar-refractivity contribution in [3.05, 3.63) is 23.3 Å². The molecule has 0 aliphatic carbocycles. The lowest BCUT2D eigenvalue weighted by Crippen LogP contribution is -2.17. The number of hydrogen-bond donors (Lipinski definition) is 4. The monoisotopic (exact) mass is 225 g/mol. The maximum Gasteiger partial charge on any atom is 0.162 e. The third kappa shape index (κ3) is 2.46. The third-order valence-corrected chi connectivity index (χ3v) is 2.58. The molecule has 0 saturated carbocycles. The molecular formula is C12H19NO3. The first-order valence-electron chi connectivity index (χ1n) is 5.20. The van der Waals surface area contributed by atoms with Crippen LogP contribution in [0.4, 0.5) is 0 Å². The van der Waals surface area contributed by atoms with Gasteiger partial charge in [-0.05, 0) is 23.1 Å². The van der Waals surface area contributed by atoms with Crippen LogP contribution in [0.1, 0.15) is 37.9 Å². The van der Waals surface area contributed by atoms with Crippen LogP contribution in [0.3, 0.4) is 0 Å². The van der Waals surface area contributed by atoms with Crippen LogP contribution in [0, 0.1) is 0 Å². The van der Waals surface area contributed by atoms with Gasteiger partial charge in [-0.2, -0.15) is 0 Å². The molecule has 1 rings (SSSR count). The minimum absolute atomic E-state index is 0.158. The van der Waals surface area contributed by atoms with Crippen LogP contribution in [0.25, 0.3) is 0 Å². The molecule has 1 atom stereocenters. The zero-order chi connectivity index (χ0) is 12.5. The number of aliphatic hydroxyl groups excluding tert-OH is 1. The summed E-state index contributed by atoms with van der Waals surface area (Å²) < 4.78 is 0. The summed E-state index contributed by atoms with van der Waals surface area (Å²) in [6, 6.07) is 2.55. The summed E-state index contributed by atoms with van der Waals surface area (Å²) in [7, 11) is 0. The summed E-state index contributed by atoms with van der Waals surface area (Å²) in [6.45, 7) is 5.70. The van der Waals surface area contributed by atoms with Crippen molar-refractivity contribution in [1.29, 1.82) is 0 Å². The normalized spacial score (nSPS) is 13.8. The van der Waals surface area contributed by atoms with Gasteiger partial charge in [0.1, 0.15) is 0 Å². The lowest BCUT2D eigenvalue weighted by atomic mass is 9.85. The second-order valence-corrected chi connectivity index (χ2v) is 4.97. The molecule has 0 bridgehead atoms. The fourth-order valence-corrected chi connectivity index (χ4v) is 1.46. The van der Waals surface area contributed by atoms with E-state index in [2.05, 4.69) is 0 Å². The minimum atomic E-state index is -0.687. The van der Waals surface area contributed by atoms with Crippen molar-refractivity contribution in [2.24, 2.45) is 5.73 Å². The zero-order valence-corrected chi connectivity index (χ0v) is 9.86. The van der Waals surface area contributed by atoms with Crippen LogP contribution in [-0.4, -0.2) is 21.9 Å². The molecule has 0 heterocycles. The van der Waals surface area contributed by atoms with E-state index in [1.807, 2.05) is 20.8 Å². The molecule has 1 aromatic rings. The van der Waals surface area contributed by atoms with E-state index in [1.54, 1.807) is 6.07 Å². The number of phenols is 2. The number of nitrogens with two attached hydrogens (primary N) is 1. The standard InChI is InChI=1S/C12H19NO3/c1-12(2,3)7-4-8(9(13)6-14)11(16)10(15)5-7/h4-5,9,14-16H,6,13H2,1-3H3. The Morgan fingerprint density at radius 1 is 1.25 bits per heavy atom. The van der Waals surface area contributed by atoms with Crippen molar-refractivity contribution in [2.75, 3.05) is 6.61 Å². The van der Waals surface area contributed by atoms with E-state index in [-0.39, 0.29) is 23.5 Å². The first-order valence-corrected chi connectivity index (χ1v) is 5.20. The van der Waals surface area contributed by atoms with Gasteiger partial charge in [-0.25, -0.2) is 0 Å². The Hall–Kier alpha value is -1.26. The highest BCUT2D eigenvalue weighted by Gasteiger charge is 2.20. The van der Waals surface area contributed by atoms with E-state index in [0.717, 1.165) is 5.56 Å². The molecule has 16 heavy (non-hydrogen) atoms. The van der Waals surface area contributed by atoms with Crippen LogP contribution >= 0.6 is 0 Å². The second-order valence-electron chi connectivity index (χ2n) is 4.97. The van der Waals surface area contributed by atoms with E-state index in [0.29, 0.717) is 5.56 Å². The first kappa shape index (κ1) is 12.8. The number of hydrogen-bond acceptors (Lipinski definition) is 4. The van der Waals surface area contributed by atoms with Gasteiger partial charge >= 0.3 is 0 Å². The molecule has 4 nitrogen and oxygen atoms in total. The largest absolute Gasteiger partial charge is 0.504 e. The van der Waals surface area contributed by atoms with Gasteiger partial charge in [-0.3, -0.25) is 0 Å². The number of aliphatic hydroxyl groups is 1. The van der Waals surface area contributed by atoms with Gasteiger partial charge < -0.3 is 21.1 Å². The molecule has 1 unspecified atom stereocenters. The van der Waals surface area contributed by atoms with E-state index in [9.17, 15) is 10.2 Å². The lowest BCUT2D eigenvalue weighted by molar-refractivity contribution is 0.264. The number of aromatic hydroxyl groups is 2. The summed E-state index contributed by atoms with van der Waals surface area (Å²) in [5.74, 6) is -0.458. The minimum Gasteiger partial charge on any atom is -0.504 e. The van der Waals surface area contributed by atoms with Gasteiger partial charge in [0, 0.05) is 5.56 Å². The quantitative estimate of drug-likeness (QED) is 0.573. The average Bonchev–Trinajstić information content (AvgIpc) is 2.19. The molecule has 5 N–H and O–H groups in total. The molecule has 0 saturated heterocycles. The van der Waals surface area contributed by atoms with Gasteiger partial charge in [0.25, 0.3) is 0 Å². The second kappa shape index (κ2) is 4.31. The molecule has 0 amide bonds. The number of phenolic OH excluding ortho intramolecular Hbond substituents is 2. The summed E-state index contributed by atoms with van der Waals surface area (Å²) in [6.07, 6.45) is 0. The van der Waals surface area contributed by atoms with Gasteiger partial charge in [0.15, 0.2) is 11.5 Å². The van der Waals surface area contributed by atoms with Gasteiger partial charge in [0.05, 0.1) is 12.6 Å². The SMILES string of the molecule is CC(C)(C)c1cc(O)c(O)c(C(N)CO)c1. The molecule has 0 aromatic heterocycles. The molecule has 4 heteroatoms. The van der Waals surface area contributed by atoms with Crippen LogP contribution in [0.2, 0.25) is 0 Å². The molecule has 90 valence electrons. The van der Waals surface area contributed by atoms with Crippen molar-refractivity contribution >= 4 is 0 Å². The molecule has 0 aliphatic rings. The third-order valence-electron chi connectivity index (χ3n) is 2.58. The number of benzene rings is 1. The fraction of sp³-hybridized carbons (Fsp3) is 0.500. The Morgan fingerprint density at radius 3 is 2.25 bits per heavy atom. The summed E-state index contributed by atoms with van der Waals surface area (Å²) >= 11 is 0. The first-order chi connectivity index (χ1) is 7.27. The highest BCUT2D eigenvalue weighted by molar-refractivity contribution is 5.50. The molecule has 0 spiro atoms. The molecular weight excluding hydrogens is 206 g/mol. The molecule has 0 fully saturated rings. The Labute approximate surface area is 95.3 Å². The topological polar surface area (TPSA) is 86.7 Å². The van der Waals surface area contributed by atoms with E-state index < -0.39 is 6.04 Å². The lowest BCUT2D eigenvalue weighted by Gasteiger charge is -2.22.